The Bertz CT molecular complexity index is 812. The fourth-order valence-corrected chi connectivity index (χ4v) is 4.30. The van der Waals surface area contributed by atoms with Crippen molar-refractivity contribution in [2.75, 3.05) is 13.2 Å². The van der Waals surface area contributed by atoms with Crippen LogP contribution in [0.4, 0.5) is 0 Å². The number of nitrogens with zero attached hydrogens (tertiary/aromatic N) is 2. The van der Waals surface area contributed by atoms with E-state index in [2.05, 4.69) is 43.9 Å². The summed E-state index contributed by atoms with van der Waals surface area (Å²) in [7, 11) is 0. The number of aryl methyl sites for hydroxylation is 1. The van der Waals surface area contributed by atoms with Gasteiger partial charge in [-0.2, -0.15) is 5.26 Å². The topological polar surface area (TPSA) is 36.3 Å². The summed E-state index contributed by atoms with van der Waals surface area (Å²) in [6, 6.07) is 17.0. The molecule has 0 radical (unpaired) electrons. The molecule has 1 unspecified atom stereocenters. The standard InChI is InChI=1S/C23H27ClN2O/c1-16-4-6-23(7-5-16)27-15-21-9-18(3)26(14-21)17(2)8-19-10-20(13-25)12-22(24)11-19/h4-7,10-12,17-18,21H,8-9,14-15H2,1-3H3/t17?,18-,21+/m1/s1. The first-order valence-electron chi connectivity index (χ1n) is 9.59. The predicted octanol–water partition coefficient (Wildman–Crippen LogP) is 5.24. The highest BCUT2D eigenvalue weighted by Crippen LogP contribution is 2.28. The Balaban J connectivity index is 1.56. The summed E-state index contributed by atoms with van der Waals surface area (Å²) in [4.78, 5) is 2.55. The second-order valence-corrected chi connectivity index (χ2v) is 8.22. The van der Waals surface area contributed by atoms with E-state index in [1.165, 1.54) is 5.56 Å². The summed E-state index contributed by atoms with van der Waals surface area (Å²) in [5.41, 5.74) is 3.00. The van der Waals surface area contributed by atoms with Gasteiger partial charge in [-0.3, -0.25) is 4.90 Å². The molecule has 2 aromatic rings. The SMILES string of the molecule is Cc1ccc(OC[C@H]2C[C@@H](C)N(C(C)Cc3cc(Cl)cc(C#N)c3)C2)cc1. The lowest BCUT2D eigenvalue weighted by Crippen LogP contribution is -2.37. The molecule has 2 aromatic carbocycles. The molecule has 1 aliphatic rings. The molecule has 3 nitrogen and oxygen atoms in total. The van der Waals surface area contributed by atoms with E-state index in [-0.39, 0.29) is 0 Å². The first-order chi connectivity index (χ1) is 12.9. The predicted molar refractivity (Wildman–Crippen MR) is 110 cm³/mol. The van der Waals surface area contributed by atoms with Gasteiger partial charge in [0.15, 0.2) is 0 Å². The highest BCUT2D eigenvalue weighted by molar-refractivity contribution is 6.30. The van der Waals surface area contributed by atoms with Crippen LogP contribution in [0.3, 0.4) is 0 Å². The van der Waals surface area contributed by atoms with E-state index in [9.17, 15) is 0 Å². The largest absolute Gasteiger partial charge is 0.493 e. The normalized spacial score (nSPS) is 21.0. The van der Waals surface area contributed by atoms with Gasteiger partial charge in [-0.05, 0) is 69.5 Å². The van der Waals surface area contributed by atoms with Gasteiger partial charge in [-0.1, -0.05) is 29.3 Å². The number of hydrogen-bond donors (Lipinski definition) is 0. The Labute approximate surface area is 167 Å². The van der Waals surface area contributed by atoms with E-state index >= 15 is 0 Å². The molecule has 0 aromatic heterocycles. The zero-order valence-corrected chi connectivity index (χ0v) is 17.0. The van der Waals surface area contributed by atoms with Crippen LogP contribution in [0.25, 0.3) is 0 Å². The van der Waals surface area contributed by atoms with Gasteiger partial charge in [-0.15, -0.1) is 0 Å². The number of nitriles is 1. The van der Waals surface area contributed by atoms with Crippen molar-refractivity contribution in [3.05, 3.63) is 64.2 Å². The van der Waals surface area contributed by atoms with E-state index in [4.69, 9.17) is 21.6 Å². The van der Waals surface area contributed by atoms with E-state index in [0.717, 1.165) is 37.3 Å². The Morgan fingerprint density at radius 2 is 2.00 bits per heavy atom. The number of ether oxygens (including phenoxy) is 1. The molecule has 1 heterocycles. The van der Waals surface area contributed by atoms with Crippen LogP contribution in [-0.2, 0) is 6.42 Å². The van der Waals surface area contributed by atoms with Crippen molar-refractivity contribution in [2.24, 2.45) is 5.92 Å². The van der Waals surface area contributed by atoms with Crippen LogP contribution >= 0.6 is 11.6 Å². The smallest absolute Gasteiger partial charge is 0.119 e. The zero-order valence-electron chi connectivity index (χ0n) is 16.3. The number of rotatable bonds is 6. The van der Waals surface area contributed by atoms with Gasteiger partial charge in [0, 0.05) is 29.6 Å². The third kappa shape index (κ3) is 5.25. The second kappa shape index (κ2) is 8.78. The van der Waals surface area contributed by atoms with Crippen LogP contribution in [0.5, 0.6) is 5.75 Å². The van der Waals surface area contributed by atoms with Crippen molar-refractivity contribution in [3.63, 3.8) is 0 Å². The number of halogens is 1. The lowest BCUT2D eigenvalue weighted by atomic mass is 10.0. The monoisotopic (exact) mass is 382 g/mol. The zero-order chi connectivity index (χ0) is 19.4. The summed E-state index contributed by atoms with van der Waals surface area (Å²) >= 11 is 6.15. The molecule has 3 rings (SSSR count). The molecule has 0 aliphatic carbocycles. The fraction of sp³-hybridized carbons (Fsp3) is 0.435. The van der Waals surface area contributed by atoms with Gasteiger partial charge < -0.3 is 4.74 Å². The van der Waals surface area contributed by atoms with E-state index in [1.807, 2.05) is 24.3 Å². The molecule has 1 saturated heterocycles. The fourth-order valence-electron chi connectivity index (χ4n) is 4.05. The first kappa shape index (κ1) is 19.7. The minimum absolute atomic E-state index is 0.398. The summed E-state index contributed by atoms with van der Waals surface area (Å²) in [5.74, 6) is 1.49. The summed E-state index contributed by atoms with van der Waals surface area (Å²) in [6.45, 7) is 8.43. The second-order valence-electron chi connectivity index (χ2n) is 7.78. The molecule has 0 amide bonds. The maximum Gasteiger partial charge on any atom is 0.119 e. The summed E-state index contributed by atoms with van der Waals surface area (Å²) in [6.07, 6.45) is 2.04. The number of likely N-dealkylation sites (tertiary alicyclic amines) is 1. The number of benzene rings is 2. The van der Waals surface area contributed by atoms with Crippen molar-refractivity contribution in [3.8, 4) is 11.8 Å². The molecule has 0 bridgehead atoms. The molecule has 0 spiro atoms. The molecule has 27 heavy (non-hydrogen) atoms. The minimum atomic E-state index is 0.398. The Hall–Kier alpha value is -2.02. The van der Waals surface area contributed by atoms with Crippen LogP contribution in [0.1, 0.15) is 37.0 Å². The van der Waals surface area contributed by atoms with E-state index in [1.54, 1.807) is 6.07 Å². The summed E-state index contributed by atoms with van der Waals surface area (Å²) in [5, 5.41) is 9.78. The Morgan fingerprint density at radius 3 is 2.70 bits per heavy atom. The van der Waals surface area contributed by atoms with Crippen molar-refractivity contribution in [1.29, 1.82) is 5.26 Å². The molecular weight excluding hydrogens is 356 g/mol. The average Bonchev–Trinajstić information content (AvgIpc) is 3.01. The average molecular weight is 383 g/mol. The molecular formula is C23H27ClN2O. The van der Waals surface area contributed by atoms with Crippen LogP contribution in [0.15, 0.2) is 42.5 Å². The molecule has 3 atom stereocenters. The van der Waals surface area contributed by atoms with Crippen molar-refractivity contribution in [2.45, 2.75) is 45.7 Å². The lowest BCUT2D eigenvalue weighted by Gasteiger charge is -2.29. The van der Waals surface area contributed by atoms with Gasteiger partial charge in [0.2, 0.25) is 0 Å². The van der Waals surface area contributed by atoms with Gasteiger partial charge >= 0.3 is 0 Å². The summed E-state index contributed by atoms with van der Waals surface area (Å²) < 4.78 is 6.01. The molecule has 1 aliphatic heterocycles. The molecule has 1 fully saturated rings. The van der Waals surface area contributed by atoms with E-state index < -0.39 is 0 Å². The van der Waals surface area contributed by atoms with Gasteiger partial charge in [0.1, 0.15) is 5.75 Å². The van der Waals surface area contributed by atoms with Crippen LogP contribution < -0.4 is 4.74 Å². The molecule has 142 valence electrons. The molecule has 0 saturated carbocycles. The van der Waals surface area contributed by atoms with Gasteiger partial charge in [-0.25, -0.2) is 0 Å². The Kier molecular flexibility index (Phi) is 6.42. The molecule has 4 heteroatoms. The van der Waals surface area contributed by atoms with Crippen molar-refractivity contribution >= 4 is 11.6 Å². The van der Waals surface area contributed by atoms with Crippen LogP contribution in [0, 0.1) is 24.2 Å². The first-order valence-corrected chi connectivity index (χ1v) is 9.97. The molecule has 0 N–H and O–H groups in total. The minimum Gasteiger partial charge on any atom is -0.493 e. The van der Waals surface area contributed by atoms with Crippen molar-refractivity contribution < 1.29 is 4.74 Å². The highest BCUT2D eigenvalue weighted by Gasteiger charge is 2.32. The maximum atomic E-state index is 9.14. The van der Waals surface area contributed by atoms with Gasteiger partial charge in [0.25, 0.3) is 0 Å². The highest BCUT2D eigenvalue weighted by atomic mass is 35.5. The number of hydrogen-bond acceptors (Lipinski definition) is 3. The Morgan fingerprint density at radius 1 is 1.26 bits per heavy atom. The lowest BCUT2D eigenvalue weighted by molar-refractivity contribution is 0.188. The van der Waals surface area contributed by atoms with E-state index in [0.29, 0.717) is 28.6 Å². The van der Waals surface area contributed by atoms with Crippen LogP contribution in [-0.4, -0.2) is 30.1 Å². The van der Waals surface area contributed by atoms with Gasteiger partial charge in [0.05, 0.1) is 18.2 Å². The third-order valence-electron chi connectivity index (χ3n) is 5.40. The maximum absolute atomic E-state index is 9.14. The van der Waals surface area contributed by atoms with Crippen LogP contribution in [0.2, 0.25) is 5.02 Å². The van der Waals surface area contributed by atoms with Crippen molar-refractivity contribution in [1.82, 2.24) is 4.90 Å². The quantitative estimate of drug-likeness (QED) is 0.685. The third-order valence-corrected chi connectivity index (χ3v) is 5.62.